The minimum absolute atomic E-state index is 0.199. The van der Waals surface area contributed by atoms with E-state index >= 15 is 0 Å². The van der Waals surface area contributed by atoms with Gasteiger partial charge in [0.2, 0.25) is 0 Å². The minimum Gasteiger partial charge on any atom is -0.393 e. The van der Waals surface area contributed by atoms with Gasteiger partial charge in [-0.3, -0.25) is 0 Å². The Bertz CT molecular complexity index is 284. The fourth-order valence-corrected chi connectivity index (χ4v) is 2.13. The van der Waals surface area contributed by atoms with Gasteiger partial charge in [-0.15, -0.1) is 0 Å². The van der Waals surface area contributed by atoms with Gasteiger partial charge in [-0.05, 0) is 37.0 Å². The van der Waals surface area contributed by atoms with Crippen LogP contribution in [-0.4, -0.2) is 11.2 Å². The van der Waals surface area contributed by atoms with Crippen molar-refractivity contribution in [2.24, 2.45) is 17.3 Å². The van der Waals surface area contributed by atoms with E-state index in [1.807, 2.05) is 0 Å². The van der Waals surface area contributed by atoms with E-state index in [1.54, 1.807) is 0 Å². The van der Waals surface area contributed by atoms with Crippen LogP contribution in [0, 0.1) is 17.3 Å². The molecule has 0 radical (unpaired) electrons. The van der Waals surface area contributed by atoms with Crippen molar-refractivity contribution in [2.45, 2.75) is 53.6 Å². The lowest BCUT2D eigenvalue weighted by Gasteiger charge is -2.27. The van der Waals surface area contributed by atoms with Crippen LogP contribution in [0.15, 0.2) is 23.8 Å². The normalized spacial score (nSPS) is 26.4. The van der Waals surface area contributed by atoms with E-state index in [0.717, 1.165) is 12.8 Å². The SMILES string of the molecule is CC1=CCC(C=CCC(O)C(C)C)C1(C)C. The maximum absolute atomic E-state index is 9.72. The number of aliphatic hydroxyl groups excluding tert-OH is 1. The van der Waals surface area contributed by atoms with Crippen molar-refractivity contribution < 1.29 is 5.11 Å². The lowest BCUT2D eigenvalue weighted by molar-refractivity contribution is 0.128. The molecule has 0 saturated heterocycles. The third-order valence-corrected chi connectivity index (χ3v) is 4.14. The highest BCUT2D eigenvalue weighted by Gasteiger charge is 2.32. The van der Waals surface area contributed by atoms with E-state index < -0.39 is 0 Å². The van der Waals surface area contributed by atoms with Crippen molar-refractivity contribution in [1.82, 2.24) is 0 Å². The maximum atomic E-state index is 9.72. The molecule has 0 fully saturated rings. The summed E-state index contributed by atoms with van der Waals surface area (Å²) in [6.07, 6.45) is 8.52. The van der Waals surface area contributed by atoms with Crippen molar-refractivity contribution in [3.8, 4) is 0 Å². The molecular weight excluding hydrogens is 196 g/mol. The maximum Gasteiger partial charge on any atom is 0.0597 e. The molecule has 0 saturated carbocycles. The summed E-state index contributed by atoms with van der Waals surface area (Å²) >= 11 is 0. The Hall–Kier alpha value is -0.560. The zero-order valence-electron chi connectivity index (χ0n) is 11.3. The van der Waals surface area contributed by atoms with Gasteiger partial charge in [0, 0.05) is 0 Å². The first-order valence-electron chi connectivity index (χ1n) is 6.37. The Morgan fingerprint density at radius 1 is 1.50 bits per heavy atom. The molecule has 2 unspecified atom stereocenters. The lowest BCUT2D eigenvalue weighted by Crippen LogP contribution is -2.19. The van der Waals surface area contributed by atoms with Gasteiger partial charge in [0.05, 0.1) is 6.10 Å². The number of hydrogen-bond donors (Lipinski definition) is 1. The Morgan fingerprint density at radius 3 is 2.56 bits per heavy atom. The van der Waals surface area contributed by atoms with Crippen molar-refractivity contribution in [3.05, 3.63) is 23.8 Å². The van der Waals surface area contributed by atoms with E-state index in [-0.39, 0.29) is 6.10 Å². The molecular formula is C15H26O. The third kappa shape index (κ3) is 2.98. The van der Waals surface area contributed by atoms with Gasteiger partial charge in [-0.2, -0.15) is 0 Å². The molecule has 0 aromatic heterocycles. The average molecular weight is 222 g/mol. The van der Waals surface area contributed by atoms with Crippen LogP contribution in [0.3, 0.4) is 0 Å². The molecule has 1 nitrogen and oxygen atoms in total. The van der Waals surface area contributed by atoms with Crippen molar-refractivity contribution in [3.63, 3.8) is 0 Å². The molecule has 0 bridgehead atoms. The number of rotatable bonds is 4. The molecule has 0 aliphatic heterocycles. The number of hydrogen-bond acceptors (Lipinski definition) is 1. The van der Waals surface area contributed by atoms with Crippen LogP contribution >= 0.6 is 0 Å². The molecule has 2 atom stereocenters. The van der Waals surface area contributed by atoms with E-state index in [2.05, 4.69) is 52.8 Å². The van der Waals surface area contributed by atoms with Gasteiger partial charge in [0.1, 0.15) is 0 Å². The standard InChI is InChI=1S/C15H26O/c1-11(2)14(16)8-6-7-13-10-9-12(3)15(13,4)5/h6-7,9,11,13-14,16H,8,10H2,1-5H3. The second-order valence-electron chi connectivity index (χ2n) is 5.93. The predicted octanol–water partition coefficient (Wildman–Crippen LogP) is 3.94. The van der Waals surface area contributed by atoms with Gasteiger partial charge >= 0.3 is 0 Å². The summed E-state index contributed by atoms with van der Waals surface area (Å²) in [5.41, 5.74) is 1.78. The fourth-order valence-electron chi connectivity index (χ4n) is 2.13. The van der Waals surface area contributed by atoms with Crippen LogP contribution in [0.2, 0.25) is 0 Å². The van der Waals surface area contributed by atoms with Crippen molar-refractivity contribution >= 4 is 0 Å². The van der Waals surface area contributed by atoms with Crippen molar-refractivity contribution in [2.75, 3.05) is 0 Å². The molecule has 0 amide bonds. The first-order chi connectivity index (χ1) is 7.35. The Kier molecular flexibility index (Phi) is 4.37. The van der Waals surface area contributed by atoms with Gasteiger partial charge in [-0.25, -0.2) is 0 Å². The van der Waals surface area contributed by atoms with E-state index in [0.29, 0.717) is 17.3 Å². The molecule has 0 spiro atoms. The zero-order chi connectivity index (χ0) is 12.3. The van der Waals surface area contributed by atoms with Gasteiger partial charge < -0.3 is 5.11 Å². The monoisotopic (exact) mass is 222 g/mol. The second kappa shape index (κ2) is 5.18. The largest absolute Gasteiger partial charge is 0.393 e. The van der Waals surface area contributed by atoms with Crippen LogP contribution in [0.25, 0.3) is 0 Å². The van der Waals surface area contributed by atoms with Crippen LogP contribution in [0.1, 0.15) is 47.5 Å². The second-order valence-corrected chi connectivity index (χ2v) is 5.93. The Balaban J connectivity index is 2.48. The Labute approximate surface area is 100 Å². The number of aliphatic hydroxyl groups is 1. The highest BCUT2D eigenvalue weighted by atomic mass is 16.3. The van der Waals surface area contributed by atoms with Gasteiger partial charge in [0.25, 0.3) is 0 Å². The average Bonchev–Trinajstić information content (AvgIpc) is 2.44. The highest BCUT2D eigenvalue weighted by molar-refractivity contribution is 5.21. The molecule has 92 valence electrons. The molecule has 1 rings (SSSR count). The first kappa shape index (κ1) is 13.5. The molecule has 1 heteroatoms. The third-order valence-electron chi connectivity index (χ3n) is 4.14. The summed E-state index contributed by atoms with van der Waals surface area (Å²) in [7, 11) is 0. The highest BCUT2D eigenvalue weighted by Crippen LogP contribution is 2.43. The lowest BCUT2D eigenvalue weighted by atomic mass is 9.77. The summed E-state index contributed by atoms with van der Waals surface area (Å²) in [6.45, 7) is 10.9. The van der Waals surface area contributed by atoms with E-state index in [9.17, 15) is 5.11 Å². The first-order valence-corrected chi connectivity index (χ1v) is 6.37. The van der Waals surface area contributed by atoms with E-state index in [4.69, 9.17) is 0 Å². The van der Waals surface area contributed by atoms with Gasteiger partial charge in [-0.1, -0.05) is 51.5 Å². The quantitative estimate of drug-likeness (QED) is 0.714. The smallest absolute Gasteiger partial charge is 0.0597 e. The summed E-state index contributed by atoms with van der Waals surface area (Å²) < 4.78 is 0. The van der Waals surface area contributed by atoms with Crippen LogP contribution in [0.4, 0.5) is 0 Å². The summed E-state index contributed by atoms with van der Waals surface area (Å²) in [5, 5.41) is 9.72. The van der Waals surface area contributed by atoms with Gasteiger partial charge in [0.15, 0.2) is 0 Å². The molecule has 0 aromatic rings. The summed E-state index contributed by atoms with van der Waals surface area (Å²) in [4.78, 5) is 0. The predicted molar refractivity (Wildman–Crippen MR) is 70.2 cm³/mol. The molecule has 16 heavy (non-hydrogen) atoms. The molecule has 1 aliphatic rings. The Morgan fingerprint density at radius 2 is 2.12 bits per heavy atom. The topological polar surface area (TPSA) is 20.2 Å². The van der Waals surface area contributed by atoms with Crippen molar-refractivity contribution in [1.29, 1.82) is 0 Å². The fraction of sp³-hybridized carbons (Fsp3) is 0.733. The van der Waals surface area contributed by atoms with Crippen LogP contribution in [-0.2, 0) is 0 Å². The zero-order valence-corrected chi connectivity index (χ0v) is 11.3. The molecule has 0 aromatic carbocycles. The molecule has 0 heterocycles. The number of allylic oxidation sites excluding steroid dienone is 3. The molecule has 1 aliphatic carbocycles. The minimum atomic E-state index is -0.199. The van der Waals surface area contributed by atoms with Crippen LogP contribution < -0.4 is 0 Å². The summed E-state index contributed by atoms with van der Waals surface area (Å²) in [6, 6.07) is 0. The molecule has 1 N–H and O–H groups in total. The van der Waals surface area contributed by atoms with E-state index in [1.165, 1.54) is 5.57 Å². The van der Waals surface area contributed by atoms with Crippen LogP contribution in [0.5, 0.6) is 0 Å². The summed E-state index contributed by atoms with van der Waals surface area (Å²) in [5.74, 6) is 0.952.